The topological polar surface area (TPSA) is 64.0 Å². The Morgan fingerprint density at radius 2 is 1.88 bits per heavy atom. The molecule has 1 aromatic carbocycles. The second-order valence-corrected chi connectivity index (χ2v) is 6.95. The summed E-state index contributed by atoms with van der Waals surface area (Å²) in [6.07, 6.45) is 6.16. The Hall–Kier alpha value is -2.17. The van der Waals surface area contributed by atoms with Crippen LogP contribution in [0.2, 0.25) is 0 Å². The molecule has 0 atom stereocenters. The fourth-order valence-electron chi connectivity index (χ4n) is 3.44. The van der Waals surface area contributed by atoms with Crippen LogP contribution in [0.1, 0.15) is 62.5 Å². The zero-order valence-electron chi connectivity index (χ0n) is 14.4. The van der Waals surface area contributed by atoms with E-state index in [1.807, 2.05) is 26.0 Å². The Morgan fingerprint density at radius 3 is 2.54 bits per heavy atom. The molecule has 0 radical (unpaired) electrons. The summed E-state index contributed by atoms with van der Waals surface area (Å²) in [5.41, 5.74) is 0.194. The van der Waals surface area contributed by atoms with E-state index in [0.717, 1.165) is 0 Å². The van der Waals surface area contributed by atoms with Crippen LogP contribution in [-0.4, -0.2) is 22.2 Å². The highest BCUT2D eigenvalue weighted by molar-refractivity contribution is 6.04. The second-order valence-electron chi connectivity index (χ2n) is 6.95. The van der Waals surface area contributed by atoms with Gasteiger partial charge in [0.05, 0.1) is 11.4 Å². The van der Waals surface area contributed by atoms with Gasteiger partial charge in [0.15, 0.2) is 5.69 Å². The second kappa shape index (κ2) is 7.16. The molecule has 1 aliphatic rings. The van der Waals surface area contributed by atoms with Crippen molar-refractivity contribution in [2.45, 2.75) is 52.0 Å². The third-order valence-electron chi connectivity index (χ3n) is 4.81. The molecular weight excluding hydrogens is 302 g/mol. The molecule has 5 nitrogen and oxygen atoms in total. The van der Waals surface area contributed by atoms with Crippen LogP contribution in [0.25, 0.3) is 10.8 Å². The number of benzene rings is 1. The first kappa shape index (κ1) is 16.7. The van der Waals surface area contributed by atoms with Gasteiger partial charge in [-0.2, -0.15) is 5.10 Å². The lowest BCUT2D eigenvalue weighted by Gasteiger charge is -2.22. The summed E-state index contributed by atoms with van der Waals surface area (Å²) in [4.78, 5) is 25.2. The highest BCUT2D eigenvalue weighted by Crippen LogP contribution is 2.23. The maximum Gasteiger partial charge on any atom is 0.274 e. The van der Waals surface area contributed by atoms with E-state index in [1.165, 1.54) is 36.8 Å². The minimum absolute atomic E-state index is 0.0907. The zero-order chi connectivity index (χ0) is 17.1. The van der Waals surface area contributed by atoms with E-state index in [0.29, 0.717) is 28.9 Å². The molecule has 0 bridgehead atoms. The molecular formula is C19H25N3O2. The molecule has 1 amide bonds. The van der Waals surface area contributed by atoms with Crippen LogP contribution >= 0.6 is 0 Å². The van der Waals surface area contributed by atoms with E-state index in [4.69, 9.17) is 0 Å². The molecule has 24 heavy (non-hydrogen) atoms. The number of nitrogens with zero attached hydrogens (tertiary/aromatic N) is 2. The van der Waals surface area contributed by atoms with Crippen LogP contribution < -0.4 is 10.9 Å². The summed E-state index contributed by atoms with van der Waals surface area (Å²) in [6, 6.07) is 7.12. The molecule has 1 heterocycles. The molecule has 1 aliphatic carbocycles. The summed E-state index contributed by atoms with van der Waals surface area (Å²) >= 11 is 0. The number of aromatic nitrogens is 2. The number of hydrogen-bond acceptors (Lipinski definition) is 3. The molecule has 1 N–H and O–H groups in total. The lowest BCUT2D eigenvalue weighted by atomic mass is 9.89. The predicted octanol–water partition coefficient (Wildman–Crippen LogP) is 3.29. The van der Waals surface area contributed by atoms with E-state index in [2.05, 4.69) is 10.4 Å². The first-order chi connectivity index (χ1) is 11.6. The molecule has 1 saturated carbocycles. The van der Waals surface area contributed by atoms with Crippen molar-refractivity contribution in [3.63, 3.8) is 0 Å². The van der Waals surface area contributed by atoms with Gasteiger partial charge in [-0.3, -0.25) is 9.59 Å². The molecule has 0 unspecified atom stereocenters. The van der Waals surface area contributed by atoms with Crippen molar-refractivity contribution < 1.29 is 4.79 Å². The normalized spacial score (nSPS) is 15.8. The van der Waals surface area contributed by atoms with Crippen LogP contribution in [-0.2, 0) is 0 Å². The Labute approximate surface area is 142 Å². The molecule has 5 heteroatoms. The number of fused-ring (bicyclic) bond motifs is 1. The Kier molecular flexibility index (Phi) is 4.97. The minimum atomic E-state index is -0.189. The van der Waals surface area contributed by atoms with E-state index >= 15 is 0 Å². The monoisotopic (exact) mass is 327 g/mol. The maximum absolute atomic E-state index is 12.7. The van der Waals surface area contributed by atoms with Crippen molar-refractivity contribution in [2.75, 3.05) is 6.54 Å². The summed E-state index contributed by atoms with van der Waals surface area (Å²) < 4.78 is 1.40. The number of amides is 1. The summed E-state index contributed by atoms with van der Waals surface area (Å²) in [5, 5.41) is 8.56. The van der Waals surface area contributed by atoms with Gasteiger partial charge >= 0.3 is 0 Å². The highest BCUT2D eigenvalue weighted by atomic mass is 16.2. The zero-order valence-corrected chi connectivity index (χ0v) is 14.4. The van der Waals surface area contributed by atoms with Crippen LogP contribution in [0, 0.1) is 5.92 Å². The lowest BCUT2D eigenvalue weighted by Crippen LogP contribution is -2.34. The molecule has 2 aromatic rings. The Morgan fingerprint density at radius 1 is 1.21 bits per heavy atom. The van der Waals surface area contributed by atoms with Gasteiger partial charge in [0.2, 0.25) is 0 Å². The van der Waals surface area contributed by atoms with E-state index in [1.54, 1.807) is 12.1 Å². The van der Waals surface area contributed by atoms with Gasteiger partial charge in [-0.1, -0.05) is 37.5 Å². The molecule has 0 spiro atoms. The smallest absolute Gasteiger partial charge is 0.274 e. The van der Waals surface area contributed by atoms with Crippen LogP contribution in [0.15, 0.2) is 29.1 Å². The number of nitrogens with one attached hydrogen (secondary N) is 1. The average molecular weight is 327 g/mol. The number of rotatable bonds is 4. The van der Waals surface area contributed by atoms with Crippen molar-refractivity contribution in [3.05, 3.63) is 40.3 Å². The predicted molar refractivity (Wildman–Crippen MR) is 95.3 cm³/mol. The Bertz CT molecular complexity index is 789. The Balaban J connectivity index is 1.91. The van der Waals surface area contributed by atoms with Crippen molar-refractivity contribution >= 4 is 16.7 Å². The van der Waals surface area contributed by atoms with Gasteiger partial charge < -0.3 is 5.32 Å². The van der Waals surface area contributed by atoms with E-state index in [9.17, 15) is 9.59 Å². The summed E-state index contributed by atoms with van der Waals surface area (Å²) in [7, 11) is 0. The highest BCUT2D eigenvalue weighted by Gasteiger charge is 2.19. The van der Waals surface area contributed by atoms with Crippen molar-refractivity contribution in [1.82, 2.24) is 15.1 Å². The van der Waals surface area contributed by atoms with E-state index < -0.39 is 0 Å². The van der Waals surface area contributed by atoms with Crippen LogP contribution in [0.5, 0.6) is 0 Å². The molecule has 0 saturated heterocycles. The van der Waals surface area contributed by atoms with Crippen molar-refractivity contribution in [2.24, 2.45) is 5.92 Å². The third kappa shape index (κ3) is 3.35. The molecule has 1 aromatic heterocycles. The van der Waals surface area contributed by atoms with Gasteiger partial charge in [-0.15, -0.1) is 0 Å². The van der Waals surface area contributed by atoms with Gasteiger partial charge in [0.25, 0.3) is 11.5 Å². The third-order valence-corrected chi connectivity index (χ3v) is 4.81. The molecule has 3 rings (SSSR count). The summed E-state index contributed by atoms with van der Waals surface area (Å²) in [5.74, 6) is 0.371. The van der Waals surface area contributed by atoms with Crippen LogP contribution in [0.4, 0.5) is 0 Å². The van der Waals surface area contributed by atoms with Crippen molar-refractivity contribution in [3.8, 4) is 0 Å². The van der Waals surface area contributed by atoms with Crippen LogP contribution in [0.3, 0.4) is 0 Å². The fraction of sp³-hybridized carbons (Fsp3) is 0.526. The molecule has 1 fully saturated rings. The van der Waals surface area contributed by atoms with Gasteiger partial charge in [0.1, 0.15) is 0 Å². The lowest BCUT2D eigenvalue weighted by molar-refractivity contribution is 0.0937. The maximum atomic E-state index is 12.7. The average Bonchev–Trinajstić information content (AvgIpc) is 2.61. The first-order valence-corrected chi connectivity index (χ1v) is 8.87. The summed E-state index contributed by atoms with van der Waals surface area (Å²) in [6.45, 7) is 4.48. The standard InChI is InChI=1S/C19H25N3O2/c1-13(2)22-19(24)16-11-7-6-10-15(16)17(21-22)18(23)20-12-14-8-4-3-5-9-14/h6-7,10-11,13-14H,3-5,8-9,12H2,1-2H3,(H,20,23). The van der Waals surface area contributed by atoms with Gasteiger partial charge in [0, 0.05) is 11.9 Å². The first-order valence-electron chi connectivity index (χ1n) is 8.87. The molecule has 0 aliphatic heterocycles. The van der Waals surface area contributed by atoms with Gasteiger partial charge in [-0.25, -0.2) is 4.68 Å². The number of carbonyl (C=O) groups excluding carboxylic acids is 1. The van der Waals surface area contributed by atoms with Gasteiger partial charge in [-0.05, 0) is 38.7 Å². The van der Waals surface area contributed by atoms with E-state index in [-0.39, 0.29) is 17.5 Å². The fourth-order valence-corrected chi connectivity index (χ4v) is 3.44. The number of carbonyl (C=O) groups is 1. The minimum Gasteiger partial charge on any atom is -0.350 e. The quantitative estimate of drug-likeness (QED) is 0.937. The number of hydrogen-bond donors (Lipinski definition) is 1. The largest absolute Gasteiger partial charge is 0.350 e. The van der Waals surface area contributed by atoms with Crippen molar-refractivity contribution in [1.29, 1.82) is 0 Å². The SMILES string of the molecule is CC(C)n1nc(C(=O)NCC2CCCCC2)c2ccccc2c1=O. The molecule has 128 valence electrons.